The second kappa shape index (κ2) is 7.59. The van der Waals surface area contributed by atoms with Crippen LogP contribution in [-0.2, 0) is 27.1 Å². The zero-order valence-electron chi connectivity index (χ0n) is 11.3. The molecule has 0 saturated heterocycles. The number of aliphatic hydroxyl groups is 1. The Hall–Kier alpha value is -0.950. The summed E-state index contributed by atoms with van der Waals surface area (Å²) in [6.07, 6.45) is 0.677. The van der Waals surface area contributed by atoms with Crippen LogP contribution in [0.2, 0.25) is 0 Å². The Kier molecular flexibility index (Phi) is 6.44. The van der Waals surface area contributed by atoms with Crippen LogP contribution in [-0.4, -0.2) is 33.3 Å². The van der Waals surface area contributed by atoms with Crippen molar-refractivity contribution in [3.8, 4) is 0 Å². The van der Waals surface area contributed by atoms with E-state index >= 15 is 0 Å². The number of benzene rings is 1. The lowest BCUT2D eigenvalue weighted by Gasteiger charge is -2.16. The molecule has 0 radical (unpaired) electrons. The first kappa shape index (κ1) is 16.1. The molecule has 1 aromatic carbocycles. The summed E-state index contributed by atoms with van der Waals surface area (Å²) in [4.78, 5) is 0. The van der Waals surface area contributed by atoms with Gasteiger partial charge in [0.05, 0.1) is 19.0 Å². The van der Waals surface area contributed by atoms with E-state index in [0.29, 0.717) is 18.6 Å². The molecule has 19 heavy (non-hydrogen) atoms. The van der Waals surface area contributed by atoms with E-state index in [1.807, 2.05) is 6.92 Å². The average molecular weight is 287 g/mol. The molecule has 0 aliphatic rings. The molecule has 1 rings (SSSR count). The first-order valence-electron chi connectivity index (χ1n) is 6.18. The molecule has 2 N–H and O–H groups in total. The molecule has 0 saturated carbocycles. The van der Waals surface area contributed by atoms with Gasteiger partial charge in [-0.15, -0.1) is 0 Å². The van der Waals surface area contributed by atoms with E-state index in [-0.39, 0.29) is 18.4 Å². The molecule has 5 nitrogen and oxygen atoms in total. The third kappa shape index (κ3) is 5.69. The van der Waals surface area contributed by atoms with Crippen molar-refractivity contribution in [1.82, 2.24) is 4.72 Å². The van der Waals surface area contributed by atoms with E-state index in [1.165, 1.54) is 0 Å². The molecule has 0 fully saturated rings. The van der Waals surface area contributed by atoms with E-state index in [4.69, 9.17) is 9.84 Å². The number of sulfonamides is 1. The van der Waals surface area contributed by atoms with Gasteiger partial charge in [0.1, 0.15) is 0 Å². The average Bonchev–Trinajstić information content (AvgIpc) is 2.38. The fourth-order valence-corrected chi connectivity index (χ4v) is 3.15. The lowest BCUT2D eigenvalue weighted by Crippen LogP contribution is -2.38. The van der Waals surface area contributed by atoms with Crippen LogP contribution in [0.5, 0.6) is 0 Å². The van der Waals surface area contributed by atoms with Crippen molar-refractivity contribution < 1.29 is 18.3 Å². The van der Waals surface area contributed by atoms with Crippen molar-refractivity contribution in [2.45, 2.75) is 31.7 Å². The molecule has 0 aliphatic carbocycles. The van der Waals surface area contributed by atoms with Crippen LogP contribution < -0.4 is 4.72 Å². The van der Waals surface area contributed by atoms with Crippen LogP contribution >= 0.6 is 0 Å². The Morgan fingerprint density at radius 3 is 2.32 bits per heavy atom. The lowest BCUT2D eigenvalue weighted by atomic mass is 10.2. The first-order valence-corrected chi connectivity index (χ1v) is 7.83. The fourth-order valence-electron chi connectivity index (χ4n) is 1.69. The highest BCUT2D eigenvalue weighted by molar-refractivity contribution is 7.88. The maximum atomic E-state index is 12.0. The predicted octanol–water partition coefficient (Wildman–Crippen LogP) is 1.02. The largest absolute Gasteiger partial charge is 0.392 e. The third-order valence-electron chi connectivity index (χ3n) is 2.77. The van der Waals surface area contributed by atoms with Gasteiger partial charge in [-0.3, -0.25) is 0 Å². The molecule has 0 heterocycles. The number of hydrogen-bond donors (Lipinski definition) is 2. The van der Waals surface area contributed by atoms with Gasteiger partial charge in [-0.2, -0.15) is 0 Å². The number of aliphatic hydroxyl groups excluding tert-OH is 1. The van der Waals surface area contributed by atoms with Crippen LogP contribution in [0.25, 0.3) is 0 Å². The summed E-state index contributed by atoms with van der Waals surface area (Å²) in [5, 5.41) is 8.93. The van der Waals surface area contributed by atoms with Crippen molar-refractivity contribution in [1.29, 1.82) is 0 Å². The number of rotatable bonds is 8. The number of ether oxygens (including phenoxy) is 1. The minimum Gasteiger partial charge on any atom is -0.392 e. The minimum absolute atomic E-state index is 0.0446. The zero-order chi connectivity index (χ0) is 14.3. The molecule has 1 atom stereocenters. The van der Waals surface area contributed by atoms with Crippen LogP contribution in [0.3, 0.4) is 0 Å². The van der Waals surface area contributed by atoms with Crippen LogP contribution in [0.15, 0.2) is 24.3 Å². The molecule has 108 valence electrons. The van der Waals surface area contributed by atoms with Gasteiger partial charge >= 0.3 is 0 Å². The van der Waals surface area contributed by atoms with Crippen LogP contribution in [0.4, 0.5) is 0 Å². The van der Waals surface area contributed by atoms with E-state index in [0.717, 1.165) is 5.56 Å². The summed E-state index contributed by atoms with van der Waals surface area (Å²) in [7, 11) is -1.83. The van der Waals surface area contributed by atoms with E-state index in [1.54, 1.807) is 31.4 Å². The molecule has 0 aromatic heterocycles. The molecule has 0 aliphatic heterocycles. The Morgan fingerprint density at radius 2 is 1.84 bits per heavy atom. The maximum Gasteiger partial charge on any atom is 0.216 e. The quantitative estimate of drug-likeness (QED) is 0.748. The van der Waals surface area contributed by atoms with Gasteiger partial charge in [-0.25, -0.2) is 13.1 Å². The van der Waals surface area contributed by atoms with E-state index < -0.39 is 10.0 Å². The summed E-state index contributed by atoms with van der Waals surface area (Å²) >= 11 is 0. The van der Waals surface area contributed by atoms with Gasteiger partial charge in [0.25, 0.3) is 0 Å². The van der Waals surface area contributed by atoms with Crippen molar-refractivity contribution in [2.75, 3.05) is 13.7 Å². The summed E-state index contributed by atoms with van der Waals surface area (Å²) in [6.45, 7) is 2.22. The van der Waals surface area contributed by atoms with Crippen molar-refractivity contribution in [3.63, 3.8) is 0 Å². The standard InChI is InChI=1S/C13H21NO4S/c1-3-13(9-18-2)14-19(16,17)10-12-6-4-11(8-15)5-7-12/h4-7,13-15H,3,8-10H2,1-2H3. The first-order chi connectivity index (χ1) is 9.00. The summed E-state index contributed by atoms with van der Waals surface area (Å²) in [5.74, 6) is -0.0705. The SMILES string of the molecule is CCC(COC)NS(=O)(=O)Cc1ccc(CO)cc1. The van der Waals surface area contributed by atoms with Gasteiger partial charge in [-0.05, 0) is 17.5 Å². The predicted molar refractivity (Wildman–Crippen MR) is 74.1 cm³/mol. The Labute approximate surface area is 114 Å². The Morgan fingerprint density at radius 1 is 1.26 bits per heavy atom. The topological polar surface area (TPSA) is 75.6 Å². The van der Waals surface area contributed by atoms with E-state index in [9.17, 15) is 8.42 Å². The summed E-state index contributed by atoms with van der Waals surface area (Å²) in [5.41, 5.74) is 1.46. The van der Waals surface area contributed by atoms with Gasteiger partial charge in [-0.1, -0.05) is 31.2 Å². The maximum absolute atomic E-state index is 12.0. The molecule has 0 bridgehead atoms. The zero-order valence-corrected chi connectivity index (χ0v) is 12.1. The monoisotopic (exact) mass is 287 g/mol. The summed E-state index contributed by atoms with van der Waals surface area (Å²) in [6, 6.07) is 6.66. The highest BCUT2D eigenvalue weighted by Gasteiger charge is 2.17. The van der Waals surface area contributed by atoms with Crippen LogP contribution in [0.1, 0.15) is 24.5 Å². The molecule has 6 heteroatoms. The lowest BCUT2D eigenvalue weighted by molar-refractivity contribution is 0.173. The minimum atomic E-state index is -3.38. The number of nitrogens with one attached hydrogen (secondary N) is 1. The highest BCUT2D eigenvalue weighted by atomic mass is 32.2. The number of hydrogen-bond acceptors (Lipinski definition) is 4. The van der Waals surface area contributed by atoms with Gasteiger partial charge < -0.3 is 9.84 Å². The molecule has 0 amide bonds. The van der Waals surface area contributed by atoms with Crippen LogP contribution in [0, 0.1) is 0 Å². The van der Waals surface area contributed by atoms with Crippen molar-refractivity contribution in [3.05, 3.63) is 35.4 Å². The number of methoxy groups -OCH3 is 1. The van der Waals surface area contributed by atoms with Crippen molar-refractivity contribution in [2.24, 2.45) is 0 Å². The molecular weight excluding hydrogens is 266 g/mol. The Bertz CT molecular complexity index is 470. The second-order valence-corrected chi connectivity index (χ2v) is 6.17. The van der Waals surface area contributed by atoms with Gasteiger partial charge in [0.2, 0.25) is 10.0 Å². The van der Waals surface area contributed by atoms with Gasteiger partial charge in [0, 0.05) is 13.2 Å². The third-order valence-corrected chi connectivity index (χ3v) is 4.17. The molecular formula is C13H21NO4S. The van der Waals surface area contributed by atoms with Crippen molar-refractivity contribution >= 4 is 10.0 Å². The molecule has 0 spiro atoms. The summed E-state index contributed by atoms with van der Waals surface area (Å²) < 4.78 is 31.6. The smallest absolute Gasteiger partial charge is 0.216 e. The molecule has 1 aromatic rings. The fraction of sp³-hybridized carbons (Fsp3) is 0.538. The molecule has 1 unspecified atom stereocenters. The Balaban J connectivity index is 2.67. The van der Waals surface area contributed by atoms with E-state index in [2.05, 4.69) is 4.72 Å². The highest BCUT2D eigenvalue weighted by Crippen LogP contribution is 2.09. The second-order valence-electron chi connectivity index (χ2n) is 4.41. The van der Waals surface area contributed by atoms with Gasteiger partial charge in [0.15, 0.2) is 0 Å². The normalized spacial score (nSPS) is 13.4.